The molecule has 4 unspecified atom stereocenters. The van der Waals surface area contributed by atoms with E-state index in [1.54, 1.807) is 12.1 Å². The third-order valence-corrected chi connectivity index (χ3v) is 8.29. The molecule has 0 radical (unpaired) electrons. The van der Waals surface area contributed by atoms with Gasteiger partial charge in [-0.3, -0.25) is 4.79 Å². The van der Waals surface area contributed by atoms with Gasteiger partial charge < -0.3 is 25.8 Å². The van der Waals surface area contributed by atoms with Crippen molar-refractivity contribution in [2.45, 2.75) is 43.9 Å². The lowest BCUT2D eigenvalue weighted by Crippen LogP contribution is -2.42. The van der Waals surface area contributed by atoms with Crippen molar-refractivity contribution in [2.24, 2.45) is 11.7 Å². The molecule has 1 aliphatic rings. The van der Waals surface area contributed by atoms with Crippen molar-refractivity contribution < 1.29 is 19.0 Å². The first-order valence-electron chi connectivity index (χ1n) is 14.8. The second-order valence-corrected chi connectivity index (χ2v) is 12.0. The maximum absolute atomic E-state index is 14.0. The number of nitrogens with one attached hydrogen (secondary N) is 1. The lowest BCUT2D eigenvalue weighted by Gasteiger charge is -2.29. The number of halogens is 2. The normalized spacial score (nSPS) is 16.3. The number of aliphatic hydroxyl groups is 1. The van der Waals surface area contributed by atoms with Crippen molar-refractivity contribution >= 4 is 23.3 Å². The van der Waals surface area contributed by atoms with Crippen LogP contribution in [0.4, 0.5) is 10.2 Å². The predicted octanol–water partition coefficient (Wildman–Crippen LogP) is 5.73. The van der Waals surface area contributed by atoms with Crippen LogP contribution < -0.4 is 20.7 Å². The summed E-state index contributed by atoms with van der Waals surface area (Å²) in [7, 11) is 3.90. The number of anilines is 1. The Bertz CT molecular complexity index is 1570. The maximum Gasteiger partial charge on any atom is 0.224 e. The molecule has 4 aromatic rings. The minimum atomic E-state index is -0.938. The number of fused-ring (bicyclic) bond motifs is 1. The van der Waals surface area contributed by atoms with Gasteiger partial charge in [0.2, 0.25) is 5.91 Å². The molecule has 5 rings (SSSR count). The Morgan fingerprint density at radius 2 is 1.84 bits per heavy atom. The number of carbonyl (C=O) groups is 1. The molecule has 230 valence electrons. The summed E-state index contributed by atoms with van der Waals surface area (Å²) in [5.74, 6) is 0.228. The van der Waals surface area contributed by atoms with E-state index in [0.717, 1.165) is 28.1 Å². The third-order valence-electron chi connectivity index (χ3n) is 8.05. The standard InChI is InChI=1S/C35H38ClFN4O3/c1-41(2)34-13-10-25(21-39-34)24-8-6-22(7-9-24)18-30(38)32(42)19-26(16-23-4-3-5-27(36)17-23)35(43)40-31-14-15-44-33-12-11-28(37)20-29(31)33/h3-13,17,20-21,26,30-32,42H,14-16,18-19,38H2,1-2H3,(H,40,43). The molecule has 0 bridgehead atoms. The molecule has 0 saturated heterocycles. The first-order valence-corrected chi connectivity index (χ1v) is 15.2. The van der Waals surface area contributed by atoms with Crippen molar-refractivity contribution in [1.29, 1.82) is 0 Å². The van der Waals surface area contributed by atoms with Gasteiger partial charge >= 0.3 is 0 Å². The van der Waals surface area contributed by atoms with E-state index >= 15 is 0 Å². The predicted molar refractivity (Wildman–Crippen MR) is 172 cm³/mol. The van der Waals surface area contributed by atoms with Gasteiger partial charge in [0, 0.05) is 54.8 Å². The number of rotatable bonds is 11. The number of aliphatic hydroxyl groups excluding tert-OH is 1. The van der Waals surface area contributed by atoms with Gasteiger partial charge in [-0.15, -0.1) is 0 Å². The molecule has 1 aliphatic heterocycles. The molecule has 2 heterocycles. The summed E-state index contributed by atoms with van der Waals surface area (Å²) in [5.41, 5.74) is 11.0. The number of carbonyl (C=O) groups excluding carboxylic acids is 1. The lowest BCUT2D eigenvalue weighted by molar-refractivity contribution is -0.127. The van der Waals surface area contributed by atoms with E-state index in [2.05, 4.69) is 10.3 Å². The van der Waals surface area contributed by atoms with E-state index in [9.17, 15) is 14.3 Å². The van der Waals surface area contributed by atoms with Crippen LogP contribution in [0.2, 0.25) is 5.02 Å². The molecule has 1 aromatic heterocycles. The van der Waals surface area contributed by atoms with Crippen LogP contribution in [0.25, 0.3) is 11.1 Å². The molecule has 0 saturated carbocycles. The highest BCUT2D eigenvalue weighted by Crippen LogP contribution is 2.33. The Hall–Kier alpha value is -3.98. The Morgan fingerprint density at radius 1 is 1.07 bits per heavy atom. The molecule has 3 aromatic carbocycles. The first kappa shape index (κ1) is 31.4. The molecule has 0 aliphatic carbocycles. The SMILES string of the molecule is CN(C)c1ccc(-c2ccc(CC(N)C(O)CC(Cc3cccc(Cl)c3)C(=O)NC3CCOc4ccc(F)cc43)cc2)cn1. The van der Waals surface area contributed by atoms with Gasteiger partial charge in [-0.05, 0) is 78.4 Å². The number of pyridine rings is 1. The molecule has 9 heteroatoms. The van der Waals surface area contributed by atoms with Crippen LogP contribution in [-0.4, -0.2) is 48.8 Å². The van der Waals surface area contributed by atoms with Gasteiger partial charge in [-0.1, -0.05) is 48.0 Å². The lowest BCUT2D eigenvalue weighted by atomic mass is 9.88. The third kappa shape index (κ3) is 7.94. The van der Waals surface area contributed by atoms with Crippen LogP contribution in [0.5, 0.6) is 5.75 Å². The van der Waals surface area contributed by atoms with Crippen LogP contribution in [0, 0.1) is 11.7 Å². The van der Waals surface area contributed by atoms with Gasteiger partial charge in [0.25, 0.3) is 0 Å². The number of benzene rings is 3. The highest BCUT2D eigenvalue weighted by Gasteiger charge is 2.30. The van der Waals surface area contributed by atoms with Crippen molar-refractivity contribution in [3.8, 4) is 16.9 Å². The number of nitrogens with two attached hydrogens (primary N) is 1. The molecule has 4 N–H and O–H groups in total. The van der Waals surface area contributed by atoms with Crippen molar-refractivity contribution in [1.82, 2.24) is 10.3 Å². The number of aromatic nitrogens is 1. The Morgan fingerprint density at radius 3 is 2.55 bits per heavy atom. The van der Waals surface area contributed by atoms with Crippen LogP contribution >= 0.6 is 11.6 Å². The number of hydrogen-bond acceptors (Lipinski definition) is 6. The molecular weight excluding hydrogens is 579 g/mol. The van der Waals surface area contributed by atoms with E-state index in [1.165, 1.54) is 12.1 Å². The van der Waals surface area contributed by atoms with Crippen molar-refractivity contribution in [3.05, 3.63) is 113 Å². The van der Waals surface area contributed by atoms with E-state index < -0.39 is 29.9 Å². The van der Waals surface area contributed by atoms with Crippen LogP contribution in [0.3, 0.4) is 0 Å². The first-order chi connectivity index (χ1) is 21.2. The highest BCUT2D eigenvalue weighted by molar-refractivity contribution is 6.30. The largest absolute Gasteiger partial charge is 0.493 e. The van der Waals surface area contributed by atoms with E-state index in [4.69, 9.17) is 22.1 Å². The fourth-order valence-electron chi connectivity index (χ4n) is 5.57. The summed E-state index contributed by atoms with van der Waals surface area (Å²) in [6.45, 7) is 0.409. The van der Waals surface area contributed by atoms with Gasteiger partial charge in [0.1, 0.15) is 17.4 Å². The fraction of sp³-hybridized carbons (Fsp3) is 0.314. The number of hydrogen-bond donors (Lipinski definition) is 3. The number of ether oxygens (including phenoxy) is 1. The summed E-state index contributed by atoms with van der Waals surface area (Å²) < 4.78 is 19.7. The zero-order valence-corrected chi connectivity index (χ0v) is 25.7. The average molecular weight is 617 g/mol. The van der Waals surface area contributed by atoms with Crippen LogP contribution in [0.1, 0.15) is 35.6 Å². The van der Waals surface area contributed by atoms with E-state index in [-0.39, 0.29) is 12.3 Å². The van der Waals surface area contributed by atoms with Gasteiger partial charge in [0.05, 0.1) is 18.8 Å². The topological polar surface area (TPSA) is 101 Å². The molecular formula is C35H38ClFN4O3. The Kier molecular flexibility index (Phi) is 10.1. The van der Waals surface area contributed by atoms with Gasteiger partial charge in [-0.25, -0.2) is 9.37 Å². The van der Waals surface area contributed by atoms with Crippen molar-refractivity contribution in [2.75, 3.05) is 25.6 Å². The molecule has 7 nitrogen and oxygen atoms in total. The molecule has 44 heavy (non-hydrogen) atoms. The van der Waals surface area contributed by atoms with Gasteiger partial charge in [-0.2, -0.15) is 0 Å². The second-order valence-electron chi connectivity index (χ2n) is 11.6. The summed E-state index contributed by atoms with van der Waals surface area (Å²) in [6.07, 6.45) is 2.38. The zero-order chi connectivity index (χ0) is 31.2. The zero-order valence-electron chi connectivity index (χ0n) is 24.9. The Labute approximate surface area is 262 Å². The fourth-order valence-corrected chi connectivity index (χ4v) is 5.78. The molecule has 0 spiro atoms. The summed E-state index contributed by atoms with van der Waals surface area (Å²) in [5, 5.41) is 14.9. The average Bonchev–Trinajstić information content (AvgIpc) is 3.01. The van der Waals surface area contributed by atoms with Crippen molar-refractivity contribution in [3.63, 3.8) is 0 Å². The number of amides is 1. The highest BCUT2D eigenvalue weighted by atomic mass is 35.5. The smallest absolute Gasteiger partial charge is 0.224 e. The summed E-state index contributed by atoms with van der Waals surface area (Å²) >= 11 is 6.23. The van der Waals surface area contributed by atoms with E-state index in [1.807, 2.05) is 79.8 Å². The summed E-state index contributed by atoms with van der Waals surface area (Å²) in [4.78, 5) is 20.1. The van der Waals surface area contributed by atoms with Crippen LogP contribution in [-0.2, 0) is 17.6 Å². The monoisotopic (exact) mass is 616 g/mol. The minimum absolute atomic E-state index is 0.153. The second kappa shape index (κ2) is 14.2. The van der Waals surface area contributed by atoms with Gasteiger partial charge in [0.15, 0.2) is 0 Å². The van der Waals surface area contributed by atoms with E-state index in [0.29, 0.717) is 42.2 Å². The maximum atomic E-state index is 14.0. The molecule has 1 amide bonds. The minimum Gasteiger partial charge on any atom is -0.493 e. The summed E-state index contributed by atoms with van der Waals surface area (Å²) in [6, 6.07) is 22.7. The van der Waals surface area contributed by atoms with Crippen LogP contribution in [0.15, 0.2) is 85.1 Å². The molecule has 4 atom stereocenters. The molecule has 0 fully saturated rings. The quantitative estimate of drug-likeness (QED) is 0.199. The number of nitrogens with zero attached hydrogens (tertiary/aromatic N) is 2. The Balaban J connectivity index is 1.26.